The predicted octanol–water partition coefficient (Wildman–Crippen LogP) is 2.13. The number of ether oxygens (including phenoxy) is 2. The molecule has 10 nitrogen and oxygen atoms in total. The molecule has 1 saturated heterocycles. The van der Waals surface area contributed by atoms with Gasteiger partial charge in [-0.05, 0) is 38.3 Å². The van der Waals surface area contributed by atoms with Gasteiger partial charge in [0.05, 0.1) is 26.8 Å². The van der Waals surface area contributed by atoms with Crippen LogP contribution in [0.5, 0.6) is 11.5 Å². The quantitative estimate of drug-likeness (QED) is 0.542. The van der Waals surface area contributed by atoms with Crippen LogP contribution in [-0.4, -0.2) is 54.2 Å². The maximum absolute atomic E-state index is 13.4. The molecular weight excluding hydrogens is 438 g/mol. The van der Waals surface area contributed by atoms with Gasteiger partial charge in [0.1, 0.15) is 23.0 Å². The second-order valence-corrected chi connectivity index (χ2v) is 8.37. The fraction of sp³-hybridized carbons (Fsp3) is 0.542. The summed E-state index contributed by atoms with van der Waals surface area (Å²) in [6, 6.07) is 5.46. The number of amides is 1. The summed E-state index contributed by atoms with van der Waals surface area (Å²) in [7, 11) is 3.19. The molecule has 0 bridgehead atoms. The third-order valence-corrected chi connectivity index (χ3v) is 6.35. The Bertz CT molecular complexity index is 1130. The number of hydrogen-bond donors (Lipinski definition) is 2. The van der Waals surface area contributed by atoms with Crippen LogP contribution in [0.3, 0.4) is 0 Å². The van der Waals surface area contributed by atoms with Gasteiger partial charge in [-0.1, -0.05) is 13.3 Å². The van der Waals surface area contributed by atoms with E-state index in [9.17, 15) is 14.4 Å². The lowest BCUT2D eigenvalue weighted by molar-refractivity contribution is -0.130. The summed E-state index contributed by atoms with van der Waals surface area (Å²) in [4.78, 5) is 44.2. The molecule has 10 heteroatoms. The molecule has 1 aromatic carbocycles. The van der Waals surface area contributed by atoms with Crippen molar-refractivity contribution in [2.45, 2.75) is 52.1 Å². The predicted molar refractivity (Wildman–Crippen MR) is 132 cm³/mol. The van der Waals surface area contributed by atoms with Gasteiger partial charge in [0.2, 0.25) is 5.91 Å². The zero-order valence-corrected chi connectivity index (χ0v) is 20.4. The number of rotatable bonds is 10. The summed E-state index contributed by atoms with van der Waals surface area (Å²) in [5.74, 6) is 1.32. The summed E-state index contributed by atoms with van der Waals surface area (Å²) in [5, 5.41) is 0. The number of likely N-dealkylation sites (N-methyl/N-ethyl adjacent to an activating group) is 1. The maximum atomic E-state index is 13.4. The number of nitrogens with two attached hydrogens (primary N) is 1. The molecule has 2 heterocycles. The number of likely N-dealkylation sites (tertiary alicyclic amines) is 1. The van der Waals surface area contributed by atoms with Crippen molar-refractivity contribution in [3.63, 3.8) is 0 Å². The van der Waals surface area contributed by atoms with Gasteiger partial charge in [-0.15, -0.1) is 0 Å². The van der Waals surface area contributed by atoms with E-state index in [1.165, 1.54) is 4.57 Å². The van der Waals surface area contributed by atoms with Gasteiger partial charge in [0.25, 0.3) is 5.56 Å². The van der Waals surface area contributed by atoms with Gasteiger partial charge in [-0.2, -0.15) is 0 Å². The van der Waals surface area contributed by atoms with Crippen molar-refractivity contribution in [2.24, 2.45) is 0 Å². The van der Waals surface area contributed by atoms with Crippen LogP contribution < -0.4 is 31.4 Å². The van der Waals surface area contributed by atoms with Crippen molar-refractivity contribution in [3.8, 4) is 11.5 Å². The standard InChI is InChI=1S/C24H35N5O5/c1-5-7-12-29-22(25)21(23(31)26-24(29)32)27(6-2)15-20(30)28-13-8-9-18(28)17-11-10-16(33-3)14-19(17)34-4/h10-11,14,18H,5-9,12-13,15,25H2,1-4H3,(H,26,31,32). The van der Waals surface area contributed by atoms with Gasteiger partial charge in [0.15, 0.2) is 0 Å². The summed E-state index contributed by atoms with van der Waals surface area (Å²) >= 11 is 0. The Morgan fingerprint density at radius 1 is 1.24 bits per heavy atom. The van der Waals surface area contributed by atoms with Crippen molar-refractivity contribution < 1.29 is 14.3 Å². The van der Waals surface area contributed by atoms with Crippen LogP contribution >= 0.6 is 0 Å². The fourth-order valence-corrected chi connectivity index (χ4v) is 4.51. The molecule has 0 radical (unpaired) electrons. The van der Waals surface area contributed by atoms with Gasteiger partial charge in [-0.25, -0.2) is 4.79 Å². The minimum Gasteiger partial charge on any atom is -0.497 e. The number of hydrogen-bond acceptors (Lipinski definition) is 7. The molecule has 1 atom stereocenters. The van der Waals surface area contributed by atoms with Crippen molar-refractivity contribution in [1.29, 1.82) is 0 Å². The molecule has 186 valence electrons. The number of methoxy groups -OCH3 is 2. The third-order valence-electron chi connectivity index (χ3n) is 6.35. The Morgan fingerprint density at radius 3 is 2.65 bits per heavy atom. The summed E-state index contributed by atoms with van der Waals surface area (Å²) in [6.07, 6.45) is 3.30. The zero-order valence-electron chi connectivity index (χ0n) is 20.4. The van der Waals surface area contributed by atoms with E-state index >= 15 is 0 Å². The third kappa shape index (κ3) is 5.05. The monoisotopic (exact) mass is 473 g/mol. The molecule has 1 aromatic heterocycles. The Kier molecular flexibility index (Phi) is 8.25. The highest BCUT2D eigenvalue weighted by Gasteiger charge is 2.33. The van der Waals surface area contributed by atoms with Crippen LogP contribution in [0.15, 0.2) is 27.8 Å². The summed E-state index contributed by atoms with van der Waals surface area (Å²) in [5.41, 5.74) is 6.22. The van der Waals surface area contributed by atoms with E-state index in [1.54, 1.807) is 19.1 Å². The first-order valence-corrected chi connectivity index (χ1v) is 11.7. The minimum absolute atomic E-state index is 0.0231. The lowest BCUT2D eigenvalue weighted by Crippen LogP contribution is -2.44. The number of unbranched alkanes of at least 4 members (excludes halogenated alkanes) is 1. The fourth-order valence-electron chi connectivity index (χ4n) is 4.51. The number of nitrogen functional groups attached to an aromatic ring is 1. The molecule has 3 rings (SSSR count). The maximum Gasteiger partial charge on any atom is 0.330 e. The minimum atomic E-state index is -0.584. The average molecular weight is 474 g/mol. The van der Waals surface area contributed by atoms with E-state index in [-0.39, 0.29) is 30.0 Å². The number of carbonyl (C=O) groups excluding carboxylic acids is 1. The van der Waals surface area contributed by atoms with Crippen molar-refractivity contribution in [1.82, 2.24) is 14.5 Å². The van der Waals surface area contributed by atoms with Crippen molar-refractivity contribution >= 4 is 17.4 Å². The molecule has 0 saturated carbocycles. The van der Waals surface area contributed by atoms with Crippen LogP contribution in [0, 0.1) is 0 Å². The lowest BCUT2D eigenvalue weighted by atomic mass is 10.0. The highest BCUT2D eigenvalue weighted by molar-refractivity contribution is 5.83. The first-order chi connectivity index (χ1) is 16.4. The molecule has 1 fully saturated rings. The van der Waals surface area contributed by atoms with E-state index in [0.717, 1.165) is 31.2 Å². The number of carbonyl (C=O) groups is 1. The molecule has 1 aliphatic rings. The van der Waals surface area contributed by atoms with E-state index in [1.807, 2.05) is 36.9 Å². The van der Waals surface area contributed by atoms with Crippen molar-refractivity contribution in [2.75, 3.05) is 44.5 Å². The number of aromatic amines is 1. The molecule has 34 heavy (non-hydrogen) atoms. The molecule has 0 spiro atoms. The number of nitrogens with zero attached hydrogens (tertiary/aromatic N) is 3. The first-order valence-electron chi connectivity index (χ1n) is 11.7. The molecule has 1 amide bonds. The molecule has 1 aliphatic heterocycles. The molecule has 1 unspecified atom stereocenters. The average Bonchev–Trinajstić information content (AvgIpc) is 3.32. The lowest BCUT2D eigenvalue weighted by Gasteiger charge is -2.30. The largest absolute Gasteiger partial charge is 0.497 e. The Hall–Kier alpha value is -3.43. The molecule has 0 aliphatic carbocycles. The second-order valence-electron chi connectivity index (χ2n) is 8.37. The molecule has 3 N–H and O–H groups in total. The van der Waals surface area contributed by atoms with Gasteiger partial charge in [0, 0.05) is 31.3 Å². The van der Waals surface area contributed by atoms with E-state index in [4.69, 9.17) is 15.2 Å². The van der Waals surface area contributed by atoms with Crippen LogP contribution in [-0.2, 0) is 11.3 Å². The Morgan fingerprint density at radius 2 is 2.00 bits per heavy atom. The highest BCUT2D eigenvalue weighted by Crippen LogP contribution is 2.38. The number of nitrogens with one attached hydrogen (secondary N) is 1. The van der Waals surface area contributed by atoms with E-state index in [0.29, 0.717) is 31.1 Å². The summed E-state index contributed by atoms with van der Waals surface area (Å²) in [6.45, 7) is 5.23. The first kappa shape index (κ1) is 25.2. The number of benzene rings is 1. The molecular formula is C24H35N5O5. The van der Waals surface area contributed by atoms with Crippen LogP contribution in [0.25, 0.3) is 0 Å². The van der Waals surface area contributed by atoms with E-state index < -0.39 is 11.2 Å². The topological polar surface area (TPSA) is 123 Å². The van der Waals surface area contributed by atoms with Crippen LogP contribution in [0.4, 0.5) is 11.5 Å². The van der Waals surface area contributed by atoms with Crippen molar-refractivity contribution in [3.05, 3.63) is 44.6 Å². The van der Waals surface area contributed by atoms with Crippen LogP contribution in [0.2, 0.25) is 0 Å². The van der Waals surface area contributed by atoms with Gasteiger partial charge < -0.3 is 25.0 Å². The van der Waals surface area contributed by atoms with Crippen LogP contribution in [0.1, 0.15) is 51.1 Å². The van der Waals surface area contributed by atoms with Gasteiger partial charge >= 0.3 is 5.69 Å². The zero-order chi connectivity index (χ0) is 24.8. The van der Waals surface area contributed by atoms with E-state index in [2.05, 4.69) is 4.98 Å². The summed E-state index contributed by atoms with van der Waals surface area (Å²) < 4.78 is 12.2. The Balaban J connectivity index is 1.88. The Labute approximate surface area is 199 Å². The number of aromatic nitrogens is 2. The highest BCUT2D eigenvalue weighted by atomic mass is 16.5. The molecule has 2 aromatic rings. The number of anilines is 2. The van der Waals surface area contributed by atoms with Gasteiger partial charge in [-0.3, -0.25) is 19.1 Å². The number of H-pyrrole nitrogens is 1. The second kappa shape index (κ2) is 11.1. The smallest absolute Gasteiger partial charge is 0.330 e. The SMILES string of the molecule is CCCCn1c(N)c(N(CC)CC(=O)N2CCCC2c2ccc(OC)cc2OC)c(=O)[nH]c1=O. The normalized spacial score (nSPS) is 15.4.